The first kappa shape index (κ1) is 25.6. The first-order valence-corrected chi connectivity index (χ1v) is 13.4. The highest BCUT2D eigenvalue weighted by Crippen LogP contribution is 2.39. The molecule has 0 radical (unpaired) electrons. The zero-order valence-corrected chi connectivity index (χ0v) is 22.1. The molecule has 3 aliphatic heterocycles. The number of amides is 2. The number of rotatable bonds is 2. The number of likely N-dealkylation sites (tertiary alicyclic amines) is 1. The van der Waals surface area contributed by atoms with E-state index in [2.05, 4.69) is 10.3 Å². The molecule has 3 aromatic heterocycles. The number of aromatic nitrogens is 3. The second-order valence-corrected chi connectivity index (χ2v) is 11.3. The summed E-state index contributed by atoms with van der Waals surface area (Å²) in [6.45, 7) is 0.259. The maximum Gasteiger partial charge on any atom is 0.320 e. The molecule has 3 aliphatic rings. The fourth-order valence-electron chi connectivity index (χ4n) is 6.49. The number of piperidine rings is 1. The molecule has 212 valence electrons. The van der Waals surface area contributed by atoms with Crippen molar-refractivity contribution in [2.24, 2.45) is 0 Å². The summed E-state index contributed by atoms with van der Waals surface area (Å²) in [5, 5.41) is 3.75. The molecule has 4 aromatic rings. The number of nitrogens with zero attached hydrogens (tertiary/aromatic N) is 5. The fourth-order valence-corrected chi connectivity index (χ4v) is 6.49. The second kappa shape index (κ2) is 8.82. The lowest BCUT2D eigenvalue weighted by atomic mass is 9.94. The van der Waals surface area contributed by atoms with Crippen LogP contribution in [0.5, 0.6) is 0 Å². The van der Waals surface area contributed by atoms with Gasteiger partial charge in [-0.3, -0.25) is 9.20 Å². The summed E-state index contributed by atoms with van der Waals surface area (Å²) in [6.07, 6.45) is 4.34. The van der Waals surface area contributed by atoms with Gasteiger partial charge in [0.15, 0.2) is 5.78 Å². The Balaban J connectivity index is 1.29. The minimum atomic E-state index is -3.34. The molecule has 1 aromatic carbocycles. The summed E-state index contributed by atoms with van der Waals surface area (Å²) >= 11 is 0. The summed E-state index contributed by atoms with van der Waals surface area (Å²) in [7, 11) is 0. The van der Waals surface area contributed by atoms with Gasteiger partial charge in [0.2, 0.25) is 0 Å². The Morgan fingerprint density at radius 2 is 1.93 bits per heavy atom. The van der Waals surface area contributed by atoms with Crippen LogP contribution < -0.4 is 5.32 Å². The van der Waals surface area contributed by atoms with E-state index >= 15 is 4.39 Å². The zero-order valence-electron chi connectivity index (χ0n) is 22.1. The van der Waals surface area contributed by atoms with E-state index in [9.17, 15) is 22.8 Å². The molecule has 0 bridgehead atoms. The number of ketones is 1. The minimum Gasteiger partial charge on any atom is -0.376 e. The van der Waals surface area contributed by atoms with E-state index < -0.39 is 42.9 Å². The van der Waals surface area contributed by atoms with Gasteiger partial charge in [-0.05, 0) is 36.8 Å². The lowest BCUT2D eigenvalue weighted by Gasteiger charge is -2.41. The third-order valence-corrected chi connectivity index (χ3v) is 8.00. The Morgan fingerprint density at radius 3 is 2.73 bits per heavy atom. The SMILES string of the molecule is CC1(F)CN(C(=O)N2CCn3cc(C4=C(c5cnc6ccccn56)C(=O)CN4)c4cc(F)cc(c43)C2)CC(F)(F)C1. The number of urea groups is 1. The fraction of sp³-hybridized carbons (Fsp3) is 0.345. The molecule has 1 saturated heterocycles. The molecule has 41 heavy (non-hydrogen) atoms. The molecular weight excluding hydrogens is 540 g/mol. The number of hydrogen-bond acceptors (Lipinski definition) is 4. The smallest absolute Gasteiger partial charge is 0.320 e. The Bertz CT molecular complexity index is 1770. The van der Waals surface area contributed by atoms with Crippen LogP contribution in [-0.2, 0) is 17.9 Å². The minimum absolute atomic E-state index is 0.0346. The number of carbonyl (C=O) groups excluding carboxylic acids is 2. The summed E-state index contributed by atoms with van der Waals surface area (Å²) < 4.78 is 62.0. The summed E-state index contributed by atoms with van der Waals surface area (Å²) in [4.78, 5) is 33.1. The number of carbonyl (C=O) groups is 2. The Kier molecular flexibility index (Phi) is 5.51. The van der Waals surface area contributed by atoms with Gasteiger partial charge in [0.1, 0.15) is 17.1 Å². The van der Waals surface area contributed by atoms with Crippen molar-refractivity contribution in [1.82, 2.24) is 29.1 Å². The van der Waals surface area contributed by atoms with Crippen LogP contribution in [0.4, 0.5) is 22.4 Å². The van der Waals surface area contributed by atoms with Crippen LogP contribution in [0.15, 0.2) is 48.9 Å². The van der Waals surface area contributed by atoms with E-state index in [4.69, 9.17) is 0 Å². The predicted molar refractivity (Wildman–Crippen MR) is 143 cm³/mol. The largest absolute Gasteiger partial charge is 0.376 e. The normalized spacial score (nSPS) is 22.5. The standard InChI is InChI=1S/C29H26F4N6O2/c1-28(31)14-29(32,33)16-38(15-28)27(41)37-7-6-36-13-20(19-9-18(30)8-17(12-37)26(19)36)25-24(22(40)11-35-25)21-10-34-23-4-2-3-5-39(21)23/h2-5,8-10,13,35H,6-7,11-12,14-16H2,1H3. The van der Waals surface area contributed by atoms with Crippen LogP contribution in [0.2, 0.25) is 0 Å². The van der Waals surface area contributed by atoms with Crippen molar-refractivity contribution in [1.29, 1.82) is 0 Å². The maximum absolute atomic E-state index is 15.1. The van der Waals surface area contributed by atoms with Gasteiger partial charge in [0.25, 0.3) is 5.92 Å². The molecule has 1 fully saturated rings. The van der Waals surface area contributed by atoms with Gasteiger partial charge in [-0.2, -0.15) is 0 Å². The molecule has 0 aliphatic carbocycles. The summed E-state index contributed by atoms with van der Waals surface area (Å²) in [6, 6.07) is 7.54. The predicted octanol–water partition coefficient (Wildman–Crippen LogP) is 4.47. The molecule has 6 heterocycles. The quantitative estimate of drug-likeness (QED) is 0.364. The van der Waals surface area contributed by atoms with Crippen LogP contribution >= 0.6 is 0 Å². The Labute approximate surface area is 231 Å². The number of imidazole rings is 1. The Morgan fingerprint density at radius 1 is 1.10 bits per heavy atom. The third kappa shape index (κ3) is 4.23. The van der Waals surface area contributed by atoms with Crippen molar-refractivity contribution in [3.8, 4) is 0 Å². The number of pyridine rings is 1. The summed E-state index contributed by atoms with van der Waals surface area (Å²) in [5.74, 6) is -4.00. The lowest BCUT2D eigenvalue weighted by molar-refractivity contribution is -0.112. The molecule has 2 amide bonds. The van der Waals surface area contributed by atoms with Crippen LogP contribution in [0.3, 0.4) is 0 Å². The van der Waals surface area contributed by atoms with Crippen molar-refractivity contribution in [3.05, 3.63) is 71.6 Å². The maximum atomic E-state index is 15.1. The van der Waals surface area contributed by atoms with Gasteiger partial charge < -0.3 is 19.7 Å². The van der Waals surface area contributed by atoms with Gasteiger partial charge in [0, 0.05) is 49.4 Å². The number of alkyl halides is 3. The molecule has 1 atom stereocenters. The number of Topliss-reactive ketones (excluding diaryl/α,β-unsaturated/α-hetero) is 1. The first-order chi connectivity index (χ1) is 19.5. The molecule has 1 unspecified atom stereocenters. The van der Waals surface area contributed by atoms with E-state index in [-0.39, 0.29) is 25.4 Å². The molecule has 0 saturated carbocycles. The first-order valence-electron chi connectivity index (χ1n) is 13.4. The van der Waals surface area contributed by atoms with E-state index in [0.29, 0.717) is 51.2 Å². The average molecular weight is 567 g/mol. The van der Waals surface area contributed by atoms with Gasteiger partial charge in [-0.25, -0.2) is 27.3 Å². The van der Waals surface area contributed by atoms with E-state index in [0.717, 1.165) is 11.8 Å². The Hall–Kier alpha value is -4.35. The van der Waals surface area contributed by atoms with Gasteiger partial charge >= 0.3 is 6.03 Å². The average Bonchev–Trinajstić information content (AvgIpc) is 3.55. The van der Waals surface area contributed by atoms with Gasteiger partial charge in [-0.1, -0.05) is 6.07 Å². The monoisotopic (exact) mass is 566 g/mol. The zero-order chi connectivity index (χ0) is 28.7. The molecule has 7 rings (SSSR count). The van der Waals surface area contributed by atoms with Crippen molar-refractivity contribution >= 4 is 39.6 Å². The highest BCUT2D eigenvalue weighted by Gasteiger charge is 2.49. The van der Waals surface area contributed by atoms with E-state index in [1.807, 2.05) is 39.6 Å². The van der Waals surface area contributed by atoms with Crippen LogP contribution in [-0.4, -0.2) is 73.3 Å². The molecule has 8 nitrogen and oxygen atoms in total. The van der Waals surface area contributed by atoms with Crippen molar-refractivity contribution in [2.45, 2.75) is 38.0 Å². The van der Waals surface area contributed by atoms with Gasteiger partial charge in [0.05, 0.1) is 48.3 Å². The third-order valence-electron chi connectivity index (χ3n) is 8.00. The lowest BCUT2D eigenvalue weighted by Crippen LogP contribution is -2.58. The van der Waals surface area contributed by atoms with Crippen LogP contribution in [0.1, 0.15) is 30.2 Å². The topological polar surface area (TPSA) is 74.9 Å². The van der Waals surface area contributed by atoms with E-state index in [1.54, 1.807) is 6.20 Å². The van der Waals surface area contributed by atoms with Crippen LogP contribution in [0, 0.1) is 5.82 Å². The van der Waals surface area contributed by atoms with Crippen molar-refractivity contribution in [2.75, 3.05) is 26.2 Å². The highest BCUT2D eigenvalue weighted by atomic mass is 19.3. The number of benzene rings is 1. The van der Waals surface area contributed by atoms with Crippen molar-refractivity contribution < 1.29 is 27.2 Å². The number of halogens is 4. The van der Waals surface area contributed by atoms with E-state index in [1.165, 1.54) is 17.0 Å². The number of hydrogen-bond donors (Lipinski definition) is 1. The summed E-state index contributed by atoms with van der Waals surface area (Å²) in [5.41, 5.74) is 1.90. The number of nitrogens with one attached hydrogen (secondary N) is 1. The van der Waals surface area contributed by atoms with Crippen molar-refractivity contribution in [3.63, 3.8) is 0 Å². The molecule has 0 spiro atoms. The number of fused-ring (bicyclic) bond motifs is 1. The van der Waals surface area contributed by atoms with Crippen LogP contribution in [0.25, 0.3) is 27.8 Å². The molecule has 12 heteroatoms. The highest BCUT2D eigenvalue weighted by molar-refractivity contribution is 6.32. The molecule has 1 N–H and O–H groups in total. The second-order valence-electron chi connectivity index (χ2n) is 11.3. The molecular formula is C29H26F4N6O2. The van der Waals surface area contributed by atoms with Gasteiger partial charge in [-0.15, -0.1) is 0 Å².